The number of rotatable bonds is 3. The summed E-state index contributed by atoms with van der Waals surface area (Å²) in [6.45, 7) is 6.80. The molecule has 0 N–H and O–H groups in total. The van der Waals surface area contributed by atoms with Crippen LogP contribution in [0.3, 0.4) is 0 Å². The zero-order valence-electron chi connectivity index (χ0n) is 9.28. The van der Waals surface area contributed by atoms with E-state index < -0.39 is 0 Å². The van der Waals surface area contributed by atoms with Gasteiger partial charge in [0.2, 0.25) is 0 Å². The van der Waals surface area contributed by atoms with Crippen molar-refractivity contribution in [1.82, 2.24) is 0 Å². The number of hydrogen-bond donors (Lipinski definition) is 0. The smallest absolute Gasteiger partial charge is 0.0388 e. The molecule has 1 heteroatoms. The molecule has 0 fully saturated rings. The highest BCUT2D eigenvalue weighted by Gasteiger charge is 2.06. The van der Waals surface area contributed by atoms with Crippen LogP contribution in [0, 0.1) is 0 Å². The first kappa shape index (κ1) is 10.5. The summed E-state index contributed by atoms with van der Waals surface area (Å²) in [5.74, 6) is 0. The fourth-order valence-electron chi connectivity index (χ4n) is 2.12. The third-order valence-corrected chi connectivity index (χ3v) is 3.79. The van der Waals surface area contributed by atoms with Gasteiger partial charge in [0.05, 0.1) is 0 Å². The first-order valence-corrected chi connectivity index (χ1v) is 6.34. The van der Waals surface area contributed by atoms with Gasteiger partial charge in [-0.05, 0) is 36.0 Å². The lowest BCUT2D eigenvalue weighted by Crippen LogP contribution is -2.14. The summed E-state index contributed by atoms with van der Waals surface area (Å²) in [5, 5.41) is 1.59. The molecule has 1 aromatic carbocycles. The second kappa shape index (κ2) is 4.61. The van der Waals surface area contributed by atoms with E-state index in [9.17, 15) is 0 Å². The van der Waals surface area contributed by atoms with Gasteiger partial charge in [-0.2, -0.15) is 0 Å². The normalized spacial score (nSPS) is 10.7. The molecule has 13 heavy (non-hydrogen) atoms. The lowest BCUT2D eigenvalue weighted by molar-refractivity contribution is 0.988. The maximum absolute atomic E-state index is 2.32. The second-order valence-corrected chi connectivity index (χ2v) is 4.64. The van der Waals surface area contributed by atoms with E-state index in [0.717, 1.165) is 0 Å². The van der Waals surface area contributed by atoms with Crippen LogP contribution in [0.4, 0.5) is 0 Å². The Morgan fingerprint density at radius 3 is 2.00 bits per heavy atom. The zero-order chi connectivity index (χ0) is 9.84. The van der Waals surface area contributed by atoms with Crippen molar-refractivity contribution >= 4 is 15.4 Å². The van der Waals surface area contributed by atoms with Crippen LogP contribution in [-0.2, 0) is 19.3 Å². The average molecular weight is 192 g/mol. The van der Waals surface area contributed by atoms with Crippen molar-refractivity contribution in [3.05, 3.63) is 28.8 Å². The molecule has 0 nitrogen and oxygen atoms in total. The van der Waals surface area contributed by atoms with E-state index in [1.165, 1.54) is 29.5 Å². The SMILES string of the molecule is CCc1ccc([SiH3])c(CC)c1CC. The monoisotopic (exact) mass is 192 g/mol. The van der Waals surface area contributed by atoms with Crippen molar-refractivity contribution < 1.29 is 0 Å². The van der Waals surface area contributed by atoms with E-state index in [-0.39, 0.29) is 0 Å². The van der Waals surface area contributed by atoms with Crippen LogP contribution in [0.25, 0.3) is 0 Å². The third-order valence-electron chi connectivity index (χ3n) is 2.85. The van der Waals surface area contributed by atoms with Crippen LogP contribution < -0.4 is 5.19 Å². The summed E-state index contributed by atoms with van der Waals surface area (Å²) in [7, 11) is 1.19. The maximum Gasteiger partial charge on any atom is 0.0388 e. The van der Waals surface area contributed by atoms with Gasteiger partial charge in [-0.25, -0.2) is 0 Å². The molecular formula is C12H20Si. The van der Waals surface area contributed by atoms with Gasteiger partial charge in [0, 0.05) is 10.2 Å². The lowest BCUT2D eigenvalue weighted by atomic mass is 9.95. The summed E-state index contributed by atoms with van der Waals surface area (Å²) in [6.07, 6.45) is 3.58. The van der Waals surface area contributed by atoms with E-state index >= 15 is 0 Å². The molecular weight excluding hydrogens is 172 g/mol. The van der Waals surface area contributed by atoms with E-state index in [1.54, 1.807) is 21.9 Å². The molecule has 72 valence electrons. The molecule has 0 atom stereocenters. The Morgan fingerprint density at radius 1 is 0.923 bits per heavy atom. The molecule has 0 saturated heterocycles. The topological polar surface area (TPSA) is 0 Å². The summed E-state index contributed by atoms with van der Waals surface area (Å²) in [4.78, 5) is 0. The predicted molar refractivity (Wildman–Crippen MR) is 64.1 cm³/mol. The van der Waals surface area contributed by atoms with Crippen molar-refractivity contribution in [3.8, 4) is 0 Å². The summed E-state index contributed by atoms with van der Waals surface area (Å²) < 4.78 is 0. The van der Waals surface area contributed by atoms with Crippen LogP contribution in [0.5, 0.6) is 0 Å². The largest absolute Gasteiger partial charge is 0.0674 e. The van der Waals surface area contributed by atoms with Gasteiger partial charge < -0.3 is 0 Å². The first-order valence-electron chi connectivity index (χ1n) is 5.34. The molecule has 0 amide bonds. The Kier molecular flexibility index (Phi) is 3.73. The standard InChI is InChI=1S/C12H20Si/c1-4-9-7-8-12(13)11(6-3)10(9)5-2/h7-8H,4-6H2,1-3,13H3. The van der Waals surface area contributed by atoms with Gasteiger partial charge in [0.1, 0.15) is 0 Å². The fraction of sp³-hybridized carbons (Fsp3) is 0.500. The maximum atomic E-state index is 2.32. The molecule has 0 aliphatic rings. The molecule has 0 aromatic heterocycles. The Hall–Kier alpha value is -0.563. The van der Waals surface area contributed by atoms with Crippen LogP contribution >= 0.6 is 0 Å². The Bertz CT molecular complexity index is 289. The molecule has 0 heterocycles. The Labute approximate surface area is 84.8 Å². The second-order valence-electron chi connectivity index (χ2n) is 3.56. The van der Waals surface area contributed by atoms with Gasteiger partial charge in [0.15, 0.2) is 0 Å². The summed E-state index contributed by atoms with van der Waals surface area (Å²) in [6, 6.07) is 4.64. The molecule has 0 bridgehead atoms. The minimum Gasteiger partial charge on any atom is -0.0674 e. The van der Waals surface area contributed by atoms with Crippen molar-refractivity contribution in [2.75, 3.05) is 0 Å². The zero-order valence-corrected chi connectivity index (χ0v) is 11.3. The van der Waals surface area contributed by atoms with Gasteiger partial charge in [-0.1, -0.05) is 38.1 Å². The molecule has 0 aliphatic carbocycles. The van der Waals surface area contributed by atoms with E-state index in [1.807, 2.05) is 0 Å². The van der Waals surface area contributed by atoms with Gasteiger partial charge in [-0.15, -0.1) is 0 Å². The highest BCUT2D eigenvalue weighted by atomic mass is 28.1. The fourth-order valence-corrected chi connectivity index (χ4v) is 2.94. The molecule has 0 radical (unpaired) electrons. The van der Waals surface area contributed by atoms with E-state index in [2.05, 4.69) is 32.9 Å². The predicted octanol–water partition coefficient (Wildman–Crippen LogP) is 1.36. The van der Waals surface area contributed by atoms with Crippen LogP contribution in [0.15, 0.2) is 12.1 Å². The van der Waals surface area contributed by atoms with E-state index in [0.29, 0.717) is 0 Å². The third kappa shape index (κ3) is 2.02. The molecule has 0 unspecified atom stereocenters. The van der Waals surface area contributed by atoms with Crippen molar-refractivity contribution in [1.29, 1.82) is 0 Å². The van der Waals surface area contributed by atoms with Crippen LogP contribution in [0.1, 0.15) is 37.5 Å². The molecule has 1 rings (SSSR count). The Morgan fingerprint density at radius 2 is 1.54 bits per heavy atom. The van der Waals surface area contributed by atoms with Crippen molar-refractivity contribution in [2.45, 2.75) is 40.0 Å². The molecule has 0 spiro atoms. The van der Waals surface area contributed by atoms with Crippen LogP contribution in [-0.4, -0.2) is 10.2 Å². The number of aryl methyl sites for hydroxylation is 1. The van der Waals surface area contributed by atoms with Crippen molar-refractivity contribution in [2.24, 2.45) is 0 Å². The average Bonchev–Trinajstić information content (AvgIpc) is 2.17. The number of benzene rings is 1. The quantitative estimate of drug-likeness (QED) is 0.635. The summed E-state index contributed by atoms with van der Waals surface area (Å²) in [5.41, 5.74) is 4.81. The highest BCUT2D eigenvalue weighted by Crippen LogP contribution is 2.14. The van der Waals surface area contributed by atoms with Crippen LogP contribution in [0.2, 0.25) is 0 Å². The number of hydrogen-bond acceptors (Lipinski definition) is 0. The van der Waals surface area contributed by atoms with Gasteiger partial charge in [0.25, 0.3) is 0 Å². The highest BCUT2D eigenvalue weighted by molar-refractivity contribution is 6.33. The molecule has 0 saturated carbocycles. The molecule has 1 aromatic rings. The minimum absolute atomic E-state index is 1.18. The van der Waals surface area contributed by atoms with Gasteiger partial charge >= 0.3 is 0 Å². The Balaban J connectivity index is 3.27. The first-order chi connectivity index (χ1) is 6.24. The molecule has 0 aliphatic heterocycles. The van der Waals surface area contributed by atoms with E-state index in [4.69, 9.17) is 0 Å². The lowest BCUT2D eigenvalue weighted by Gasteiger charge is -2.14. The minimum atomic E-state index is 1.18. The van der Waals surface area contributed by atoms with Gasteiger partial charge in [-0.3, -0.25) is 0 Å². The summed E-state index contributed by atoms with van der Waals surface area (Å²) >= 11 is 0. The van der Waals surface area contributed by atoms with Crippen molar-refractivity contribution in [3.63, 3.8) is 0 Å².